The van der Waals surface area contributed by atoms with Gasteiger partial charge in [-0.15, -0.1) is 0 Å². The summed E-state index contributed by atoms with van der Waals surface area (Å²) in [7, 11) is 1.54. The molecule has 11 heteroatoms. The van der Waals surface area contributed by atoms with E-state index in [2.05, 4.69) is 20.6 Å². The van der Waals surface area contributed by atoms with Gasteiger partial charge in [-0.1, -0.05) is 11.6 Å². The maximum Gasteiger partial charge on any atom is 0.323 e. The molecule has 0 bridgehead atoms. The summed E-state index contributed by atoms with van der Waals surface area (Å²) in [6.45, 7) is 0.743. The number of methoxy groups -OCH3 is 1. The van der Waals surface area contributed by atoms with Gasteiger partial charge in [0.1, 0.15) is 36.5 Å². The molecule has 1 aromatic heterocycles. The van der Waals surface area contributed by atoms with Crippen molar-refractivity contribution < 1.29 is 28.1 Å². The molecule has 3 aromatic carbocycles. The van der Waals surface area contributed by atoms with Gasteiger partial charge in [-0.05, 0) is 36.4 Å². The standard InChI is InChI=1S/C24H18ClFN4O5/c1-32-19-11-18-20(22-21(19)33-8-9-34-22)23(28-12-27-18)35-15-6-7-17(16(25)10-15)30-24(31)29-14-4-2-13(26)3-5-14/h2-7,10-12H,8-9H2,1H3,(H2,29,30,31). The van der Waals surface area contributed by atoms with E-state index in [0.717, 1.165) is 0 Å². The number of fused-ring (bicyclic) bond motifs is 3. The van der Waals surface area contributed by atoms with Gasteiger partial charge in [0.05, 0.1) is 23.3 Å². The molecule has 35 heavy (non-hydrogen) atoms. The number of carbonyl (C=O) groups is 1. The lowest BCUT2D eigenvalue weighted by Crippen LogP contribution is -2.19. The highest BCUT2D eigenvalue weighted by atomic mass is 35.5. The third-order valence-corrected chi connectivity index (χ3v) is 5.38. The Balaban J connectivity index is 1.38. The third kappa shape index (κ3) is 4.69. The summed E-state index contributed by atoms with van der Waals surface area (Å²) in [4.78, 5) is 20.8. The van der Waals surface area contributed by atoms with Crippen LogP contribution < -0.4 is 29.6 Å². The van der Waals surface area contributed by atoms with E-state index in [1.165, 1.54) is 43.8 Å². The van der Waals surface area contributed by atoms with Gasteiger partial charge in [0, 0.05) is 17.8 Å². The van der Waals surface area contributed by atoms with Crippen LogP contribution in [0, 0.1) is 5.82 Å². The summed E-state index contributed by atoms with van der Waals surface area (Å²) in [5, 5.41) is 6.00. The second-order valence-corrected chi connectivity index (χ2v) is 7.74. The lowest BCUT2D eigenvalue weighted by Gasteiger charge is -2.22. The van der Waals surface area contributed by atoms with Crippen LogP contribution in [0.3, 0.4) is 0 Å². The molecule has 2 N–H and O–H groups in total. The number of aromatic nitrogens is 2. The maximum absolute atomic E-state index is 13.0. The Morgan fingerprint density at radius 3 is 2.54 bits per heavy atom. The molecule has 0 saturated carbocycles. The van der Waals surface area contributed by atoms with Gasteiger partial charge in [-0.25, -0.2) is 19.2 Å². The first-order chi connectivity index (χ1) is 17.0. The van der Waals surface area contributed by atoms with Crippen molar-refractivity contribution in [3.05, 3.63) is 65.7 Å². The highest BCUT2D eigenvalue weighted by Crippen LogP contribution is 2.47. The van der Waals surface area contributed by atoms with Crippen LogP contribution in [0.25, 0.3) is 10.9 Å². The van der Waals surface area contributed by atoms with E-state index in [9.17, 15) is 9.18 Å². The molecule has 1 aliphatic rings. The molecule has 0 spiro atoms. The summed E-state index contributed by atoms with van der Waals surface area (Å²) >= 11 is 6.37. The summed E-state index contributed by atoms with van der Waals surface area (Å²) in [5.41, 5.74) is 1.34. The number of carbonyl (C=O) groups excluding carboxylic acids is 1. The van der Waals surface area contributed by atoms with E-state index < -0.39 is 11.8 Å². The molecule has 5 rings (SSSR count). The minimum Gasteiger partial charge on any atom is -0.493 e. The molecule has 0 atom stereocenters. The summed E-state index contributed by atoms with van der Waals surface area (Å²) in [5.74, 6) is 1.60. The van der Waals surface area contributed by atoms with E-state index in [1.54, 1.807) is 18.2 Å². The molecule has 2 amide bonds. The van der Waals surface area contributed by atoms with Gasteiger partial charge in [-0.2, -0.15) is 0 Å². The second kappa shape index (κ2) is 9.51. The van der Waals surface area contributed by atoms with Crippen LogP contribution in [0.1, 0.15) is 0 Å². The van der Waals surface area contributed by atoms with Crippen molar-refractivity contribution in [2.75, 3.05) is 31.0 Å². The van der Waals surface area contributed by atoms with Crippen molar-refractivity contribution in [2.45, 2.75) is 0 Å². The van der Waals surface area contributed by atoms with E-state index in [4.69, 9.17) is 30.5 Å². The quantitative estimate of drug-likeness (QED) is 0.368. The predicted octanol–water partition coefficient (Wildman–Crippen LogP) is 5.64. The lowest BCUT2D eigenvalue weighted by molar-refractivity contribution is 0.167. The van der Waals surface area contributed by atoms with Crippen molar-refractivity contribution in [3.63, 3.8) is 0 Å². The zero-order chi connectivity index (χ0) is 24.4. The number of amides is 2. The topological polar surface area (TPSA) is 104 Å². The molecule has 9 nitrogen and oxygen atoms in total. The first kappa shape index (κ1) is 22.5. The van der Waals surface area contributed by atoms with Crippen molar-refractivity contribution in [1.29, 1.82) is 0 Å². The SMILES string of the molecule is COc1cc2ncnc(Oc3ccc(NC(=O)Nc4ccc(F)cc4)c(Cl)c3)c2c2c1OCCO2. The van der Waals surface area contributed by atoms with E-state index in [0.29, 0.717) is 58.5 Å². The van der Waals surface area contributed by atoms with E-state index >= 15 is 0 Å². The molecule has 4 aromatic rings. The van der Waals surface area contributed by atoms with Crippen LogP contribution in [0.2, 0.25) is 5.02 Å². The molecule has 2 heterocycles. The number of urea groups is 1. The molecular weight excluding hydrogens is 479 g/mol. The highest BCUT2D eigenvalue weighted by Gasteiger charge is 2.25. The number of hydrogen-bond donors (Lipinski definition) is 2. The smallest absolute Gasteiger partial charge is 0.323 e. The zero-order valence-corrected chi connectivity index (χ0v) is 19.1. The van der Waals surface area contributed by atoms with Gasteiger partial charge in [0.15, 0.2) is 11.5 Å². The number of halogens is 2. The number of hydrogen-bond acceptors (Lipinski definition) is 7. The summed E-state index contributed by atoms with van der Waals surface area (Å²) in [6.07, 6.45) is 1.37. The van der Waals surface area contributed by atoms with Gasteiger partial charge in [0.25, 0.3) is 0 Å². The zero-order valence-electron chi connectivity index (χ0n) is 18.3. The van der Waals surface area contributed by atoms with Crippen LogP contribution in [-0.4, -0.2) is 36.3 Å². The van der Waals surface area contributed by atoms with E-state index in [1.807, 2.05) is 0 Å². The molecule has 178 valence electrons. The average Bonchev–Trinajstić information content (AvgIpc) is 2.86. The van der Waals surface area contributed by atoms with Gasteiger partial charge in [-0.3, -0.25) is 0 Å². The Hall–Kier alpha value is -4.31. The van der Waals surface area contributed by atoms with Crippen molar-refractivity contribution in [2.24, 2.45) is 0 Å². The van der Waals surface area contributed by atoms with Gasteiger partial charge < -0.3 is 29.6 Å². The summed E-state index contributed by atoms with van der Waals surface area (Å²) < 4.78 is 36.0. The second-order valence-electron chi connectivity index (χ2n) is 7.34. The number of benzene rings is 3. The minimum absolute atomic E-state index is 0.235. The van der Waals surface area contributed by atoms with Crippen LogP contribution in [0.15, 0.2) is 54.9 Å². The number of ether oxygens (including phenoxy) is 4. The largest absolute Gasteiger partial charge is 0.493 e. The Morgan fingerprint density at radius 2 is 1.80 bits per heavy atom. The fourth-order valence-corrected chi connectivity index (χ4v) is 3.72. The fourth-order valence-electron chi connectivity index (χ4n) is 3.50. The van der Waals surface area contributed by atoms with Crippen LogP contribution in [0.5, 0.6) is 28.9 Å². The first-order valence-electron chi connectivity index (χ1n) is 10.4. The lowest BCUT2D eigenvalue weighted by atomic mass is 10.1. The number of rotatable bonds is 5. The van der Waals surface area contributed by atoms with Crippen LogP contribution >= 0.6 is 11.6 Å². The summed E-state index contributed by atoms with van der Waals surface area (Å²) in [6, 6.07) is 11.3. The van der Waals surface area contributed by atoms with Crippen LogP contribution in [-0.2, 0) is 0 Å². The van der Waals surface area contributed by atoms with Crippen LogP contribution in [0.4, 0.5) is 20.6 Å². The van der Waals surface area contributed by atoms with Crippen molar-refractivity contribution in [1.82, 2.24) is 9.97 Å². The number of nitrogens with zero attached hydrogens (tertiary/aromatic N) is 2. The van der Waals surface area contributed by atoms with Crippen molar-refractivity contribution in [3.8, 4) is 28.9 Å². The van der Waals surface area contributed by atoms with Gasteiger partial charge >= 0.3 is 6.03 Å². The Kier molecular flexibility index (Phi) is 6.11. The Labute approximate surface area is 203 Å². The fraction of sp³-hybridized carbons (Fsp3) is 0.125. The van der Waals surface area contributed by atoms with Gasteiger partial charge in [0.2, 0.25) is 11.6 Å². The Morgan fingerprint density at radius 1 is 1.03 bits per heavy atom. The molecule has 0 fully saturated rings. The third-order valence-electron chi connectivity index (χ3n) is 5.07. The molecule has 0 unspecified atom stereocenters. The monoisotopic (exact) mass is 496 g/mol. The minimum atomic E-state index is -0.535. The number of anilines is 2. The molecule has 0 radical (unpaired) electrons. The molecule has 0 aliphatic carbocycles. The number of nitrogens with one attached hydrogen (secondary N) is 2. The maximum atomic E-state index is 13.0. The predicted molar refractivity (Wildman–Crippen MR) is 128 cm³/mol. The molecular formula is C24H18ClFN4O5. The van der Waals surface area contributed by atoms with E-state index in [-0.39, 0.29) is 10.9 Å². The molecule has 1 aliphatic heterocycles. The normalized spacial score (nSPS) is 12.2. The highest BCUT2D eigenvalue weighted by molar-refractivity contribution is 6.34. The average molecular weight is 497 g/mol. The molecule has 0 saturated heterocycles. The Bertz CT molecular complexity index is 1420. The van der Waals surface area contributed by atoms with Crippen molar-refractivity contribution >= 4 is 39.9 Å². The first-order valence-corrected chi connectivity index (χ1v) is 10.8.